The Morgan fingerprint density at radius 3 is 2.18 bits per heavy atom. The van der Waals surface area contributed by atoms with Crippen LogP contribution in [0.25, 0.3) is 0 Å². The Hall–Kier alpha value is -2.41. The fraction of sp³-hybridized carbons (Fsp3) is 0.467. The summed E-state index contributed by atoms with van der Waals surface area (Å²) in [6.45, 7) is 13.1. The maximum absolute atomic E-state index is 11.7. The minimum atomic E-state index is -0.201. The molecule has 0 aromatic heterocycles. The summed E-state index contributed by atoms with van der Waals surface area (Å²) in [6.07, 6.45) is 8.49. The third-order valence-electron chi connectivity index (χ3n) is 5.91. The molecule has 3 nitrogen and oxygen atoms in total. The van der Waals surface area contributed by atoms with Crippen LogP contribution in [0.15, 0.2) is 61.2 Å². The lowest BCUT2D eigenvalue weighted by molar-refractivity contribution is -0.119. The van der Waals surface area contributed by atoms with Gasteiger partial charge in [-0.2, -0.15) is 5.26 Å². The third kappa shape index (κ3) is 10.7. The SMILES string of the molecule is C=CC(=O)[C@H]1CCOC1c1ccc(C#N)cc1.CCCC(C)CCC.CCc1ccc(Cl)cc1. The molecule has 1 aliphatic rings. The second-order valence-corrected chi connectivity index (χ2v) is 9.13. The fourth-order valence-electron chi connectivity index (χ4n) is 3.96. The Morgan fingerprint density at radius 1 is 1.12 bits per heavy atom. The van der Waals surface area contributed by atoms with Crippen molar-refractivity contribution in [3.63, 3.8) is 0 Å². The number of ether oxygens (including phenoxy) is 1. The number of rotatable bonds is 8. The van der Waals surface area contributed by atoms with Crippen molar-refractivity contribution in [2.45, 2.75) is 72.3 Å². The van der Waals surface area contributed by atoms with Gasteiger partial charge in [0.2, 0.25) is 0 Å². The Bertz CT molecular complexity index is 878. The van der Waals surface area contributed by atoms with Crippen molar-refractivity contribution < 1.29 is 9.53 Å². The van der Waals surface area contributed by atoms with Gasteiger partial charge in [-0.05, 0) is 60.2 Å². The van der Waals surface area contributed by atoms with Crippen molar-refractivity contribution in [2.24, 2.45) is 11.8 Å². The summed E-state index contributed by atoms with van der Waals surface area (Å²) in [5.74, 6) is 0.849. The second kappa shape index (κ2) is 17.1. The first-order valence-corrected chi connectivity index (χ1v) is 12.8. The number of allylic oxidation sites excluding steroid dienone is 1. The number of hydrogen-bond acceptors (Lipinski definition) is 3. The highest BCUT2D eigenvalue weighted by molar-refractivity contribution is 6.30. The molecular formula is C30H40ClNO2. The average molecular weight is 482 g/mol. The van der Waals surface area contributed by atoms with Crippen LogP contribution in [0.1, 0.15) is 82.6 Å². The molecule has 2 atom stereocenters. The average Bonchev–Trinajstić information content (AvgIpc) is 3.35. The largest absolute Gasteiger partial charge is 0.373 e. The molecule has 2 aromatic rings. The number of benzene rings is 2. The van der Waals surface area contributed by atoms with Crippen LogP contribution >= 0.6 is 11.6 Å². The predicted molar refractivity (Wildman–Crippen MR) is 143 cm³/mol. The highest BCUT2D eigenvalue weighted by Crippen LogP contribution is 2.35. The van der Waals surface area contributed by atoms with Crippen molar-refractivity contribution in [1.29, 1.82) is 5.26 Å². The zero-order chi connectivity index (χ0) is 25.3. The summed E-state index contributed by atoms with van der Waals surface area (Å²) in [6, 6.07) is 17.2. The van der Waals surface area contributed by atoms with Crippen LogP contribution in [0.3, 0.4) is 0 Å². The molecular weight excluding hydrogens is 442 g/mol. The maximum Gasteiger partial charge on any atom is 0.161 e. The Morgan fingerprint density at radius 2 is 1.71 bits per heavy atom. The van der Waals surface area contributed by atoms with Crippen LogP contribution in [0.4, 0.5) is 0 Å². The topological polar surface area (TPSA) is 50.1 Å². The minimum absolute atomic E-state index is 0.0249. The van der Waals surface area contributed by atoms with E-state index in [4.69, 9.17) is 21.6 Å². The summed E-state index contributed by atoms with van der Waals surface area (Å²) in [5.41, 5.74) is 2.89. The van der Waals surface area contributed by atoms with Crippen LogP contribution < -0.4 is 0 Å². The molecule has 1 unspecified atom stereocenters. The smallest absolute Gasteiger partial charge is 0.161 e. The Kier molecular flexibility index (Phi) is 14.9. The third-order valence-corrected chi connectivity index (χ3v) is 6.16. The molecule has 2 aromatic carbocycles. The number of carbonyl (C=O) groups excluding carboxylic acids is 1. The predicted octanol–water partition coefficient (Wildman–Crippen LogP) is 8.52. The quantitative estimate of drug-likeness (QED) is 0.355. The molecule has 0 radical (unpaired) electrons. The van der Waals surface area contributed by atoms with Crippen molar-refractivity contribution in [3.05, 3.63) is 82.9 Å². The summed E-state index contributed by atoms with van der Waals surface area (Å²) in [4.78, 5) is 11.7. The molecule has 0 aliphatic carbocycles. The normalized spacial score (nSPS) is 16.5. The summed E-state index contributed by atoms with van der Waals surface area (Å²) in [7, 11) is 0. The second-order valence-electron chi connectivity index (χ2n) is 8.69. The maximum atomic E-state index is 11.7. The monoisotopic (exact) mass is 481 g/mol. The van der Waals surface area contributed by atoms with Gasteiger partial charge >= 0.3 is 0 Å². The zero-order valence-electron chi connectivity index (χ0n) is 21.2. The first-order valence-electron chi connectivity index (χ1n) is 12.4. The first-order chi connectivity index (χ1) is 16.4. The van der Waals surface area contributed by atoms with E-state index in [1.807, 2.05) is 36.4 Å². The van der Waals surface area contributed by atoms with Crippen LogP contribution in [-0.4, -0.2) is 12.4 Å². The van der Waals surface area contributed by atoms with Crippen LogP contribution in [0.5, 0.6) is 0 Å². The van der Waals surface area contributed by atoms with E-state index in [-0.39, 0.29) is 17.8 Å². The van der Waals surface area contributed by atoms with E-state index in [1.54, 1.807) is 12.1 Å². The number of nitrogens with zero attached hydrogens (tertiary/aromatic N) is 1. The van der Waals surface area contributed by atoms with Crippen LogP contribution in [0.2, 0.25) is 5.02 Å². The molecule has 0 saturated carbocycles. The number of nitriles is 1. The number of aryl methyl sites for hydroxylation is 1. The van der Waals surface area contributed by atoms with Crippen molar-refractivity contribution in [1.82, 2.24) is 0 Å². The molecule has 1 saturated heterocycles. The lowest BCUT2D eigenvalue weighted by Gasteiger charge is -2.16. The molecule has 4 heteroatoms. The van der Waals surface area contributed by atoms with Gasteiger partial charge in [-0.1, -0.05) is 95.8 Å². The lowest BCUT2D eigenvalue weighted by Crippen LogP contribution is -2.16. The zero-order valence-corrected chi connectivity index (χ0v) is 22.0. The van der Waals surface area contributed by atoms with Gasteiger partial charge in [0.05, 0.1) is 23.7 Å². The van der Waals surface area contributed by atoms with E-state index in [2.05, 4.69) is 40.3 Å². The van der Waals surface area contributed by atoms with E-state index < -0.39 is 0 Å². The van der Waals surface area contributed by atoms with Gasteiger partial charge < -0.3 is 4.74 Å². The molecule has 1 heterocycles. The van der Waals surface area contributed by atoms with E-state index >= 15 is 0 Å². The van der Waals surface area contributed by atoms with Gasteiger partial charge in [0, 0.05) is 11.6 Å². The molecule has 1 fully saturated rings. The van der Waals surface area contributed by atoms with Crippen LogP contribution in [-0.2, 0) is 16.0 Å². The number of halogens is 1. The van der Waals surface area contributed by atoms with Gasteiger partial charge in [-0.15, -0.1) is 0 Å². The van der Waals surface area contributed by atoms with Crippen molar-refractivity contribution >= 4 is 17.4 Å². The molecule has 0 bridgehead atoms. The van der Waals surface area contributed by atoms with Gasteiger partial charge in [-0.3, -0.25) is 4.79 Å². The van der Waals surface area contributed by atoms with Gasteiger partial charge in [0.1, 0.15) is 0 Å². The highest BCUT2D eigenvalue weighted by atomic mass is 35.5. The number of ketones is 1. The van der Waals surface area contributed by atoms with Crippen LogP contribution in [0, 0.1) is 23.2 Å². The molecule has 0 amide bonds. The number of hydrogen-bond donors (Lipinski definition) is 0. The van der Waals surface area contributed by atoms with E-state index in [9.17, 15) is 4.79 Å². The summed E-state index contributed by atoms with van der Waals surface area (Å²) >= 11 is 5.67. The molecule has 0 spiro atoms. The molecule has 184 valence electrons. The standard InChI is InChI=1S/C14H13NO2.C8H9Cl.C8H18/c1-2-13(16)12-7-8-17-14(12)11-5-3-10(9-15)4-6-11;1-2-7-3-5-8(9)6-4-7;1-4-6-8(3)7-5-2/h2-6,12,14H,1,7-8H2;3-6H,2H2,1H3;8H,4-7H2,1-3H3/t12-,14?;;/m1../s1. The summed E-state index contributed by atoms with van der Waals surface area (Å²) in [5, 5.41) is 9.54. The van der Waals surface area contributed by atoms with Gasteiger partial charge in [-0.25, -0.2) is 0 Å². The molecule has 34 heavy (non-hydrogen) atoms. The number of carbonyl (C=O) groups is 1. The minimum Gasteiger partial charge on any atom is -0.373 e. The van der Waals surface area contributed by atoms with E-state index in [0.717, 1.165) is 29.3 Å². The lowest BCUT2D eigenvalue weighted by atomic mass is 9.91. The van der Waals surface area contributed by atoms with Gasteiger partial charge in [0.25, 0.3) is 0 Å². The van der Waals surface area contributed by atoms with E-state index in [0.29, 0.717) is 12.2 Å². The van der Waals surface area contributed by atoms with Crippen molar-refractivity contribution in [3.8, 4) is 6.07 Å². The highest BCUT2D eigenvalue weighted by Gasteiger charge is 2.33. The molecule has 0 N–H and O–H groups in total. The molecule has 1 aliphatic heterocycles. The Balaban J connectivity index is 0.000000287. The first kappa shape index (κ1) is 29.6. The van der Waals surface area contributed by atoms with Gasteiger partial charge in [0.15, 0.2) is 5.78 Å². The van der Waals surface area contributed by atoms with Crippen molar-refractivity contribution in [2.75, 3.05) is 6.61 Å². The van der Waals surface area contributed by atoms with E-state index in [1.165, 1.54) is 37.3 Å². The Labute approximate surface area is 211 Å². The summed E-state index contributed by atoms with van der Waals surface area (Å²) < 4.78 is 5.60. The fourth-order valence-corrected chi connectivity index (χ4v) is 4.08. The molecule has 3 rings (SSSR count).